The first-order valence-electron chi connectivity index (χ1n) is 10.1. The molecular weight excluding hydrogens is 353 g/mol. The number of rotatable bonds is 3. The summed E-state index contributed by atoms with van der Waals surface area (Å²) in [6.07, 6.45) is 6.18. The van der Waals surface area contributed by atoms with Gasteiger partial charge in [0.1, 0.15) is 17.6 Å². The maximum Gasteiger partial charge on any atom is 0.343 e. The lowest BCUT2D eigenvalue weighted by Crippen LogP contribution is -2.09. The second-order valence-electron chi connectivity index (χ2n) is 7.08. The van der Waals surface area contributed by atoms with Crippen molar-refractivity contribution in [3.63, 3.8) is 0 Å². The van der Waals surface area contributed by atoms with Gasteiger partial charge in [-0.3, -0.25) is 0 Å². The average molecular weight is 381 g/mol. The topological polar surface area (TPSA) is 50.1 Å². The first-order chi connectivity index (χ1) is 13.6. The van der Waals surface area contributed by atoms with Crippen LogP contribution < -0.4 is 4.74 Å². The Hall–Kier alpha value is -2.67. The Kier molecular flexibility index (Phi) is 8.19. The molecule has 2 unspecified atom stereocenters. The van der Waals surface area contributed by atoms with Gasteiger partial charge in [-0.05, 0) is 54.5 Å². The van der Waals surface area contributed by atoms with E-state index in [0.717, 1.165) is 12.0 Å². The van der Waals surface area contributed by atoms with Crippen molar-refractivity contribution in [2.24, 2.45) is 5.92 Å². The number of carbonyl (C=O) groups is 1. The Morgan fingerprint density at radius 3 is 2.43 bits per heavy atom. The minimum atomic E-state index is -0.698. The molecule has 0 heterocycles. The zero-order valence-corrected chi connectivity index (χ0v) is 16.9. The third kappa shape index (κ3) is 5.66. The smallest absolute Gasteiger partial charge is 0.343 e. The summed E-state index contributed by atoms with van der Waals surface area (Å²) in [4.78, 5) is 12.3. The van der Waals surface area contributed by atoms with Crippen molar-refractivity contribution >= 4 is 5.97 Å². The molecule has 3 nitrogen and oxygen atoms in total. The van der Waals surface area contributed by atoms with Gasteiger partial charge in [0, 0.05) is 6.07 Å². The average Bonchev–Trinajstić information content (AvgIpc) is 2.94. The number of hydrogen-bond acceptors (Lipinski definition) is 3. The van der Waals surface area contributed by atoms with E-state index in [4.69, 9.17) is 10.00 Å². The molecule has 1 saturated carbocycles. The minimum absolute atomic E-state index is 0.0770. The Balaban J connectivity index is 0.00000136. The van der Waals surface area contributed by atoms with Crippen LogP contribution in [-0.4, -0.2) is 5.97 Å². The van der Waals surface area contributed by atoms with Crippen molar-refractivity contribution < 1.29 is 13.9 Å². The molecule has 4 heteroatoms. The van der Waals surface area contributed by atoms with Crippen molar-refractivity contribution in [1.29, 1.82) is 5.26 Å². The highest BCUT2D eigenvalue weighted by Crippen LogP contribution is 2.34. The number of nitriles is 1. The number of esters is 1. The van der Waals surface area contributed by atoms with Gasteiger partial charge in [0.15, 0.2) is 0 Å². The van der Waals surface area contributed by atoms with Crippen LogP contribution in [0.2, 0.25) is 0 Å². The van der Waals surface area contributed by atoms with E-state index < -0.39 is 11.8 Å². The lowest BCUT2D eigenvalue weighted by atomic mass is 9.91. The molecule has 0 aliphatic heterocycles. The number of hydrogen-bond donors (Lipinski definition) is 0. The van der Waals surface area contributed by atoms with Gasteiger partial charge in [-0.15, -0.1) is 0 Å². The summed E-state index contributed by atoms with van der Waals surface area (Å²) in [7, 11) is 0. The van der Waals surface area contributed by atoms with Gasteiger partial charge < -0.3 is 4.74 Å². The summed E-state index contributed by atoms with van der Waals surface area (Å²) in [6.45, 7) is 6.31. The fourth-order valence-electron chi connectivity index (χ4n) is 3.53. The molecule has 2 aromatic rings. The normalized spacial score (nSPS) is 18.8. The van der Waals surface area contributed by atoms with E-state index in [2.05, 4.69) is 6.92 Å². The van der Waals surface area contributed by atoms with Crippen LogP contribution in [0.25, 0.3) is 0 Å². The van der Waals surface area contributed by atoms with Crippen LogP contribution in [0, 0.1) is 23.1 Å². The highest BCUT2D eigenvalue weighted by atomic mass is 19.1. The molecule has 1 aliphatic carbocycles. The molecule has 0 N–H and O–H groups in total. The Bertz CT molecular complexity index is 823. The molecule has 0 radical (unpaired) electrons. The Morgan fingerprint density at radius 2 is 1.79 bits per heavy atom. The third-order valence-corrected chi connectivity index (χ3v) is 5.15. The van der Waals surface area contributed by atoms with E-state index in [0.29, 0.717) is 11.5 Å². The number of carbonyl (C=O) groups excluding carboxylic acids is 1. The van der Waals surface area contributed by atoms with Crippen LogP contribution in [0.5, 0.6) is 5.75 Å². The number of benzene rings is 2. The molecule has 148 valence electrons. The maximum atomic E-state index is 13.6. The van der Waals surface area contributed by atoms with Crippen molar-refractivity contribution in [3.05, 3.63) is 65.0 Å². The summed E-state index contributed by atoms with van der Waals surface area (Å²) >= 11 is 0. The molecule has 0 aromatic heterocycles. The predicted molar refractivity (Wildman–Crippen MR) is 109 cm³/mol. The molecule has 1 aliphatic rings. The SMILES string of the molecule is CC.CC1CCCC(c2ccc(C(=O)Oc3ccc(C#N)c(F)c3)cc2)CC1. The fourth-order valence-corrected chi connectivity index (χ4v) is 3.53. The van der Waals surface area contributed by atoms with Crippen molar-refractivity contribution in [2.75, 3.05) is 0 Å². The summed E-state index contributed by atoms with van der Waals surface area (Å²) < 4.78 is 18.8. The molecular formula is C24H28FNO2. The second-order valence-corrected chi connectivity index (χ2v) is 7.08. The Labute approximate surface area is 167 Å². The van der Waals surface area contributed by atoms with Gasteiger partial charge in [-0.1, -0.05) is 52.2 Å². The van der Waals surface area contributed by atoms with E-state index in [1.54, 1.807) is 18.2 Å². The van der Waals surface area contributed by atoms with Crippen LogP contribution >= 0.6 is 0 Å². The van der Waals surface area contributed by atoms with Gasteiger partial charge in [0.2, 0.25) is 0 Å². The molecule has 0 amide bonds. The molecule has 0 spiro atoms. The zero-order chi connectivity index (χ0) is 20.5. The van der Waals surface area contributed by atoms with Crippen LogP contribution in [0.3, 0.4) is 0 Å². The first kappa shape index (κ1) is 21.6. The van der Waals surface area contributed by atoms with E-state index >= 15 is 0 Å². The van der Waals surface area contributed by atoms with Gasteiger partial charge in [-0.2, -0.15) is 5.26 Å². The highest BCUT2D eigenvalue weighted by Gasteiger charge is 2.18. The van der Waals surface area contributed by atoms with Crippen LogP contribution in [0.4, 0.5) is 4.39 Å². The number of nitrogens with zero attached hydrogens (tertiary/aromatic N) is 1. The van der Waals surface area contributed by atoms with Crippen molar-refractivity contribution in [2.45, 2.75) is 58.8 Å². The summed E-state index contributed by atoms with van der Waals surface area (Å²) in [5.74, 6) is 0.207. The molecule has 2 atom stereocenters. The van der Waals surface area contributed by atoms with Gasteiger partial charge in [0.05, 0.1) is 11.1 Å². The van der Waals surface area contributed by atoms with Crippen LogP contribution in [0.1, 0.15) is 80.3 Å². The summed E-state index contributed by atoms with van der Waals surface area (Å²) in [6, 6.07) is 13.0. The molecule has 2 aromatic carbocycles. The number of halogens is 1. The largest absolute Gasteiger partial charge is 0.423 e. The summed E-state index contributed by atoms with van der Waals surface area (Å²) in [5.41, 5.74) is 1.62. The first-order valence-corrected chi connectivity index (χ1v) is 10.1. The Morgan fingerprint density at radius 1 is 1.07 bits per heavy atom. The van der Waals surface area contributed by atoms with Crippen molar-refractivity contribution in [3.8, 4) is 11.8 Å². The molecule has 0 saturated heterocycles. The van der Waals surface area contributed by atoms with E-state index in [-0.39, 0.29) is 11.3 Å². The molecule has 0 bridgehead atoms. The second kappa shape index (κ2) is 10.6. The van der Waals surface area contributed by atoms with E-state index in [1.807, 2.05) is 26.0 Å². The van der Waals surface area contributed by atoms with E-state index in [9.17, 15) is 9.18 Å². The third-order valence-electron chi connectivity index (χ3n) is 5.15. The lowest BCUT2D eigenvalue weighted by molar-refractivity contribution is 0.0734. The fraction of sp³-hybridized carbons (Fsp3) is 0.417. The van der Waals surface area contributed by atoms with Gasteiger partial charge in [-0.25, -0.2) is 9.18 Å². The highest BCUT2D eigenvalue weighted by molar-refractivity contribution is 5.91. The van der Waals surface area contributed by atoms with Crippen molar-refractivity contribution in [1.82, 2.24) is 0 Å². The molecule has 28 heavy (non-hydrogen) atoms. The summed E-state index contributed by atoms with van der Waals surface area (Å²) in [5, 5.41) is 8.74. The predicted octanol–water partition coefficient (Wildman–Crippen LogP) is 6.63. The van der Waals surface area contributed by atoms with Gasteiger partial charge >= 0.3 is 5.97 Å². The zero-order valence-electron chi connectivity index (χ0n) is 16.9. The minimum Gasteiger partial charge on any atom is -0.423 e. The monoisotopic (exact) mass is 381 g/mol. The molecule has 3 rings (SSSR count). The quantitative estimate of drug-likeness (QED) is 0.341. The van der Waals surface area contributed by atoms with E-state index in [1.165, 1.54) is 49.8 Å². The van der Waals surface area contributed by atoms with Crippen LogP contribution in [0.15, 0.2) is 42.5 Å². The number of ether oxygens (including phenoxy) is 1. The lowest BCUT2D eigenvalue weighted by Gasteiger charge is -2.15. The molecule has 1 fully saturated rings. The standard InChI is InChI=1S/C22H22FNO2.C2H6/c1-15-3-2-4-16(6-5-15)17-7-9-18(10-8-17)22(25)26-20-12-11-19(14-24)21(23)13-20;1-2/h7-13,15-16H,2-6H2,1H3;1-2H3. The van der Waals surface area contributed by atoms with Crippen LogP contribution in [-0.2, 0) is 0 Å². The van der Waals surface area contributed by atoms with Gasteiger partial charge in [0.25, 0.3) is 0 Å². The maximum absolute atomic E-state index is 13.6.